The van der Waals surface area contributed by atoms with E-state index < -0.39 is 0 Å². The van der Waals surface area contributed by atoms with Gasteiger partial charge < -0.3 is 15.0 Å². The zero-order valence-electron chi connectivity index (χ0n) is 18.1. The minimum Gasteiger partial charge on any atom is -0.473 e. The van der Waals surface area contributed by atoms with Crippen LogP contribution < -0.4 is 10.1 Å². The monoisotopic (exact) mass is 467 g/mol. The molecule has 0 spiro atoms. The van der Waals surface area contributed by atoms with Crippen LogP contribution in [0.15, 0.2) is 30.7 Å². The van der Waals surface area contributed by atoms with Gasteiger partial charge >= 0.3 is 0 Å². The Bertz CT molecular complexity index is 808. The smallest absolute Gasteiger partial charge is 0.236 e. The molecule has 2 aromatic rings. The number of aryl methyl sites for hydroxylation is 1. The van der Waals surface area contributed by atoms with E-state index in [0.29, 0.717) is 17.0 Å². The number of rotatable bonds is 3. The van der Waals surface area contributed by atoms with E-state index in [0.717, 1.165) is 63.1 Å². The lowest BCUT2D eigenvalue weighted by Crippen LogP contribution is -2.37. The number of hydrogen-bond acceptors (Lipinski definition) is 6. The van der Waals surface area contributed by atoms with Gasteiger partial charge in [0, 0.05) is 44.5 Å². The van der Waals surface area contributed by atoms with Crippen LogP contribution in [0.5, 0.6) is 5.88 Å². The Balaban J connectivity index is 0.000000322. The number of pyridine rings is 1. The van der Waals surface area contributed by atoms with Crippen LogP contribution in [0.3, 0.4) is 0 Å². The highest BCUT2D eigenvalue weighted by Gasteiger charge is 2.27. The molecule has 0 atom stereocenters. The maximum absolute atomic E-state index is 11.4. The number of halogens is 2. The van der Waals surface area contributed by atoms with Gasteiger partial charge in [0.1, 0.15) is 17.0 Å². The molecule has 1 amide bonds. The van der Waals surface area contributed by atoms with Crippen LogP contribution in [0.2, 0.25) is 5.15 Å². The van der Waals surface area contributed by atoms with Crippen LogP contribution in [0.25, 0.3) is 0 Å². The van der Waals surface area contributed by atoms with E-state index in [2.05, 4.69) is 20.3 Å². The molecule has 2 aromatic heterocycles. The van der Waals surface area contributed by atoms with Crippen LogP contribution in [-0.4, -0.2) is 58.0 Å². The fourth-order valence-corrected chi connectivity index (χ4v) is 3.97. The summed E-state index contributed by atoms with van der Waals surface area (Å²) >= 11 is 5.53. The van der Waals surface area contributed by atoms with Crippen molar-refractivity contribution in [3.05, 3.63) is 47.1 Å². The number of piperidine rings is 2. The van der Waals surface area contributed by atoms with E-state index in [1.165, 1.54) is 0 Å². The van der Waals surface area contributed by atoms with Crippen molar-refractivity contribution in [1.29, 1.82) is 0 Å². The van der Waals surface area contributed by atoms with Crippen molar-refractivity contribution >= 4 is 29.9 Å². The molecule has 0 bridgehead atoms. The average Bonchev–Trinajstić information content (AvgIpc) is 2.75. The largest absolute Gasteiger partial charge is 0.473 e. The highest BCUT2D eigenvalue weighted by atomic mass is 35.5. The molecule has 4 heterocycles. The van der Waals surface area contributed by atoms with Gasteiger partial charge in [0.05, 0.1) is 0 Å². The molecule has 2 aliphatic heterocycles. The van der Waals surface area contributed by atoms with Gasteiger partial charge in [-0.2, -0.15) is 0 Å². The second kappa shape index (κ2) is 12.8. The van der Waals surface area contributed by atoms with Crippen LogP contribution in [0.1, 0.15) is 49.8 Å². The van der Waals surface area contributed by atoms with E-state index in [-0.39, 0.29) is 24.4 Å². The lowest BCUT2D eigenvalue weighted by atomic mass is 9.93. The first-order chi connectivity index (χ1) is 14.5. The number of nitrogens with zero attached hydrogens (tertiary/aromatic N) is 4. The summed E-state index contributed by atoms with van der Waals surface area (Å²) in [5, 5.41) is 3.90. The minimum atomic E-state index is 0. The lowest BCUT2D eigenvalue weighted by molar-refractivity contribution is -0.129. The number of carbonyl (C=O) groups excluding carboxylic acids is 1. The molecule has 31 heavy (non-hydrogen) atoms. The molecule has 0 aliphatic carbocycles. The van der Waals surface area contributed by atoms with Gasteiger partial charge in [-0.05, 0) is 63.4 Å². The summed E-state index contributed by atoms with van der Waals surface area (Å²) in [6, 6.07) is 3.73. The predicted molar refractivity (Wildman–Crippen MR) is 124 cm³/mol. The molecule has 1 N–H and O–H groups in total. The Hall–Kier alpha value is -1.96. The summed E-state index contributed by atoms with van der Waals surface area (Å²) in [6.45, 7) is 7.20. The van der Waals surface area contributed by atoms with Gasteiger partial charge in [-0.3, -0.25) is 9.78 Å². The van der Waals surface area contributed by atoms with Crippen molar-refractivity contribution in [2.45, 2.75) is 51.6 Å². The zero-order valence-corrected chi connectivity index (χ0v) is 19.7. The van der Waals surface area contributed by atoms with Crippen molar-refractivity contribution < 1.29 is 9.53 Å². The molecule has 0 aromatic carbocycles. The quantitative estimate of drug-likeness (QED) is 0.691. The standard InChI is InChI=1S/C16H24N4O2.C6H6ClN.ClH/c1-12(21)20-10-4-13(5-11-20)15-16(19-9-8-18-15)22-14-2-6-17-7-3-14;1-5-2-3-8-6(7)4-5;/h8-9,13-14,17H,2-7,10-11H2,1H3;2-4H,1H3;1H. The van der Waals surface area contributed by atoms with Crippen molar-refractivity contribution in [1.82, 2.24) is 25.2 Å². The Labute approximate surface area is 195 Å². The average molecular weight is 468 g/mol. The number of hydrogen-bond donors (Lipinski definition) is 1. The Morgan fingerprint density at radius 3 is 2.35 bits per heavy atom. The zero-order chi connectivity index (χ0) is 21.3. The maximum Gasteiger partial charge on any atom is 0.236 e. The van der Waals surface area contributed by atoms with Crippen molar-refractivity contribution in [2.24, 2.45) is 0 Å². The van der Waals surface area contributed by atoms with E-state index >= 15 is 0 Å². The molecule has 0 saturated carbocycles. The molecule has 4 rings (SSSR count). The van der Waals surface area contributed by atoms with E-state index in [1.54, 1.807) is 25.5 Å². The molecule has 2 fully saturated rings. The van der Waals surface area contributed by atoms with Crippen LogP contribution >= 0.6 is 24.0 Å². The van der Waals surface area contributed by atoms with Crippen LogP contribution in [0.4, 0.5) is 0 Å². The predicted octanol–water partition coefficient (Wildman–Crippen LogP) is 3.80. The first-order valence-electron chi connectivity index (χ1n) is 10.5. The normalized spacial score (nSPS) is 17.2. The highest BCUT2D eigenvalue weighted by Crippen LogP contribution is 2.32. The molecule has 0 radical (unpaired) electrons. The van der Waals surface area contributed by atoms with Crippen molar-refractivity contribution in [3.63, 3.8) is 0 Å². The molecule has 7 nitrogen and oxygen atoms in total. The molecular formula is C22H31Cl2N5O2. The van der Waals surface area contributed by atoms with Gasteiger partial charge in [-0.15, -0.1) is 12.4 Å². The molecule has 2 saturated heterocycles. The third kappa shape index (κ3) is 7.91. The molecule has 170 valence electrons. The second-order valence-electron chi connectivity index (χ2n) is 7.75. The topological polar surface area (TPSA) is 80.2 Å². The maximum atomic E-state index is 11.4. The summed E-state index contributed by atoms with van der Waals surface area (Å²) in [4.78, 5) is 26.1. The number of aromatic nitrogens is 3. The Morgan fingerprint density at radius 1 is 1.10 bits per heavy atom. The van der Waals surface area contributed by atoms with Gasteiger partial charge in [0.2, 0.25) is 11.8 Å². The highest BCUT2D eigenvalue weighted by molar-refractivity contribution is 6.29. The lowest BCUT2D eigenvalue weighted by Gasteiger charge is -2.32. The number of likely N-dealkylation sites (tertiary alicyclic amines) is 1. The van der Waals surface area contributed by atoms with Gasteiger partial charge in [0.25, 0.3) is 0 Å². The number of carbonyl (C=O) groups is 1. The molecular weight excluding hydrogens is 437 g/mol. The van der Waals surface area contributed by atoms with E-state index in [4.69, 9.17) is 16.3 Å². The fraction of sp³-hybridized carbons (Fsp3) is 0.545. The first kappa shape index (κ1) is 25.3. The fourth-order valence-electron chi connectivity index (χ4n) is 3.75. The first-order valence-corrected chi connectivity index (χ1v) is 10.9. The Morgan fingerprint density at radius 2 is 1.77 bits per heavy atom. The minimum absolute atomic E-state index is 0. The van der Waals surface area contributed by atoms with Crippen LogP contribution in [-0.2, 0) is 4.79 Å². The molecule has 2 aliphatic rings. The SMILES string of the molecule is CC(=O)N1CCC(c2nccnc2OC2CCNCC2)CC1.Cc1ccnc(Cl)c1.Cl. The summed E-state index contributed by atoms with van der Waals surface area (Å²) in [5.41, 5.74) is 2.11. The van der Waals surface area contributed by atoms with Gasteiger partial charge in [0.15, 0.2) is 0 Å². The van der Waals surface area contributed by atoms with E-state index in [9.17, 15) is 4.79 Å². The van der Waals surface area contributed by atoms with Gasteiger partial charge in [-0.1, -0.05) is 11.6 Å². The number of ether oxygens (including phenoxy) is 1. The van der Waals surface area contributed by atoms with Gasteiger partial charge in [-0.25, -0.2) is 9.97 Å². The van der Waals surface area contributed by atoms with Crippen LogP contribution in [0, 0.1) is 6.92 Å². The summed E-state index contributed by atoms with van der Waals surface area (Å²) in [5.74, 6) is 1.18. The number of nitrogens with one attached hydrogen (secondary N) is 1. The third-order valence-corrected chi connectivity index (χ3v) is 5.67. The molecule has 0 unspecified atom stereocenters. The summed E-state index contributed by atoms with van der Waals surface area (Å²) < 4.78 is 6.12. The molecule has 9 heteroatoms. The van der Waals surface area contributed by atoms with Crippen molar-refractivity contribution in [3.8, 4) is 5.88 Å². The second-order valence-corrected chi connectivity index (χ2v) is 8.14. The number of amides is 1. The third-order valence-electron chi connectivity index (χ3n) is 5.46. The Kier molecular flexibility index (Phi) is 10.4. The van der Waals surface area contributed by atoms with Crippen molar-refractivity contribution in [2.75, 3.05) is 26.2 Å². The summed E-state index contributed by atoms with van der Waals surface area (Å²) in [7, 11) is 0. The van der Waals surface area contributed by atoms with E-state index in [1.807, 2.05) is 24.0 Å². The summed E-state index contributed by atoms with van der Waals surface area (Å²) in [6.07, 6.45) is 9.25.